The summed E-state index contributed by atoms with van der Waals surface area (Å²) < 4.78 is 5.37. The number of benzene rings is 2. The molecule has 0 saturated carbocycles. The van der Waals surface area contributed by atoms with Gasteiger partial charge in [0, 0.05) is 30.2 Å². The molecule has 0 spiro atoms. The fourth-order valence-electron chi connectivity index (χ4n) is 2.74. The third-order valence-electron chi connectivity index (χ3n) is 3.96. The van der Waals surface area contributed by atoms with E-state index in [4.69, 9.17) is 21.4 Å². The van der Waals surface area contributed by atoms with Crippen molar-refractivity contribution in [1.82, 2.24) is 4.90 Å². The van der Waals surface area contributed by atoms with E-state index in [2.05, 4.69) is 17.0 Å². The van der Waals surface area contributed by atoms with Crippen LogP contribution in [0.3, 0.4) is 0 Å². The number of hydrogen-bond donors (Lipinski definition) is 1. The van der Waals surface area contributed by atoms with E-state index in [1.165, 1.54) is 11.6 Å². The summed E-state index contributed by atoms with van der Waals surface area (Å²) in [5, 5.41) is 9.48. The van der Waals surface area contributed by atoms with E-state index < -0.39 is 5.97 Å². The highest BCUT2D eigenvalue weighted by Gasteiger charge is 2.12. The summed E-state index contributed by atoms with van der Waals surface area (Å²) in [5.74, 6) is -0.973. The van der Waals surface area contributed by atoms with Crippen molar-refractivity contribution in [2.24, 2.45) is 0 Å². The zero-order chi connectivity index (χ0) is 16.2. The predicted molar refractivity (Wildman–Crippen MR) is 89.9 cm³/mol. The first-order valence-electron chi connectivity index (χ1n) is 7.56. The minimum Gasteiger partial charge on any atom is -0.478 e. The molecule has 1 fully saturated rings. The van der Waals surface area contributed by atoms with Crippen molar-refractivity contribution in [1.29, 1.82) is 0 Å². The molecule has 1 heterocycles. The SMILES string of the molecule is O=C(O)c1ccc(-c2cccc(CN3CCOCC3)c2)c(Cl)c1. The molecule has 1 aliphatic rings. The van der Waals surface area contributed by atoms with Gasteiger partial charge >= 0.3 is 5.97 Å². The number of carboxylic acid groups (broad SMARTS) is 1. The molecule has 0 aromatic heterocycles. The van der Waals surface area contributed by atoms with E-state index in [0.717, 1.165) is 44.0 Å². The van der Waals surface area contributed by atoms with Gasteiger partial charge in [-0.25, -0.2) is 4.79 Å². The number of nitrogens with zero attached hydrogens (tertiary/aromatic N) is 1. The summed E-state index contributed by atoms with van der Waals surface area (Å²) in [5.41, 5.74) is 3.25. The van der Waals surface area contributed by atoms with Crippen molar-refractivity contribution in [3.05, 3.63) is 58.6 Å². The summed E-state index contributed by atoms with van der Waals surface area (Å²) in [7, 11) is 0. The molecule has 1 saturated heterocycles. The van der Waals surface area contributed by atoms with Crippen molar-refractivity contribution in [2.75, 3.05) is 26.3 Å². The normalized spacial score (nSPS) is 15.5. The molecule has 0 amide bonds. The van der Waals surface area contributed by atoms with Crippen LogP contribution in [-0.4, -0.2) is 42.3 Å². The Morgan fingerprint density at radius 1 is 1.17 bits per heavy atom. The Kier molecular flexibility index (Phi) is 4.96. The highest BCUT2D eigenvalue weighted by Crippen LogP contribution is 2.29. The Morgan fingerprint density at radius 3 is 2.65 bits per heavy atom. The largest absolute Gasteiger partial charge is 0.478 e. The maximum atomic E-state index is 11.0. The first kappa shape index (κ1) is 16.0. The number of carboxylic acids is 1. The maximum Gasteiger partial charge on any atom is 0.335 e. The Bertz CT molecular complexity index is 711. The molecule has 1 N–H and O–H groups in total. The molecule has 23 heavy (non-hydrogen) atoms. The van der Waals surface area contributed by atoms with Gasteiger partial charge in [-0.05, 0) is 29.3 Å². The van der Waals surface area contributed by atoms with Gasteiger partial charge in [0.05, 0.1) is 18.8 Å². The Morgan fingerprint density at radius 2 is 1.96 bits per heavy atom. The molecule has 2 aromatic rings. The topological polar surface area (TPSA) is 49.8 Å². The monoisotopic (exact) mass is 331 g/mol. The highest BCUT2D eigenvalue weighted by molar-refractivity contribution is 6.33. The zero-order valence-corrected chi connectivity index (χ0v) is 13.4. The lowest BCUT2D eigenvalue weighted by molar-refractivity contribution is 0.0342. The van der Waals surface area contributed by atoms with Crippen LogP contribution in [0.15, 0.2) is 42.5 Å². The van der Waals surface area contributed by atoms with E-state index in [1.807, 2.05) is 12.1 Å². The van der Waals surface area contributed by atoms with E-state index in [0.29, 0.717) is 5.02 Å². The third-order valence-corrected chi connectivity index (χ3v) is 4.28. The molecule has 5 heteroatoms. The molecule has 0 unspecified atom stereocenters. The van der Waals surface area contributed by atoms with Crippen LogP contribution in [0, 0.1) is 0 Å². The summed E-state index contributed by atoms with van der Waals surface area (Å²) >= 11 is 6.26. The van der Waals surface area contributed by atoms with E-state index in [9.17, 15) is 4.79 Å². The molecule has 120 valence electrons. The van der Waals surface area contributed by atoms with Gasteiger partial charge in [-0.3, -0.25) is 4.90 Å². The van der Waals surface area contributed by atoms with Gasteiger partial charge in [0.25, 0.3) is 0 Å². The second-order valence-electron chi connectivity index (χ2n) is 5.59. The average Bonchev–Trinajstić information content (AvgIpc) is 2.56. The van der Waals surface area contributed by atoms with Crippen LogP contribution < -0.4 is 0 Å². The fraction of sp³-hybridized carbons (Fsp3) is 0.278. The summed E-state index contributed by atoms with van der Waals surface area (Å²) in [6, 6.07) is 13.0. The molecule has 4 nitrogen and oxygen atoms in total. The van der Waals surface area contributed by atoms with Crippen molar-refractivity contribution in [3.8, 4) is 11.1 Å². The zero-order valence-electron chi connectivity index (χ0n) is 12.7. The molecule has 0 atom stereocenters. The number of aromatic carboxylic acids is 1. The van der Waals surface area contributed by atoms with Crippen LogP contribution in [0.2, 0.25) is 5.02 Å². The second kappa shape index (κ2) is 7.13. The molecule has 0 radical (unpaired) electrons. The van der Waals surface area contributed by atoms with Gasteiger partial charge < -0.3 is 9.84 Å². The molecule has 0 bridgehead atoms. The summed E-state index contributed by atoms with van der Waals surface area (Å²) in [6.07, 6.45) is 0. The molecule has 1 aliphatic heterocycles. The smallest absolute Gasteiger partial charge is 0.335 e. The van der Waals surface area contributed by atoms with Crippen molar-refractivity contribution >= 4 is 17.6 Å². The van der Waals surface area contributed by atoms with Gasteiger partial charge in [0.1, 0.15) is 0 Å². The van der Waals surface area contributed by atoms with Gasteiger partial charge in [-0.1, -0.05) is 35.9 Å². The Labute approximate surface area is 140 Å². The fourth-order valence-corrected chi connectivity index (χ4v) is 3.03. The van der Waals surface area contributed by atoms with E-state index in [1.54, 1.807) is 12.1 Å². The Hall–Kier alpha value is -1.88. The second-order valence-corrected chi connectivity index (χ2v) is 6.00. The van der Waals surface area contributed by atoms with Crippen LogP contribution in [-0.2, 0) is 11.3 Å². The molecule has 0 aliphatic carbocycles. The minimum atomic E-state index is -0.973. The standard InChI is InChI=1S/C18H18ClNO3/c19-17-11-15(18(21)22)4-5-16(17)14-3-1-2-13(10-14)12-20-6-8-23-9-7-20/h1-5,10-11H,6-9,12H2,(H,21,22). The van der Waals surface area contributed by atoms with Crippen LogP contribution in [0.25, 0.3) is 11.1 Å². The van der Waals surface area contributed by atoms with Crippen molar-refractivity contribution in [3.63, 3.8) is 0 Å². The highest BCUT2D eigenvalue weighted by atomic mass is 35.5. The van der Waals surface area contributed by atoms with Crippen molar-refractivity contribution in [2.45, 2.75) is 6.54 Å². The lowest BCUT2D eigenvalue weighted by atomic mass is 10.0. The number of halogens is 1. The number of hydrogen-bond acceptors (Lipinski definition) is 3. The lowest BCUT2D eigenvalue weighted by Gasteiger charge is -2.26. The number of ether oxygens (including phenoxy) is 1. The number of morpholine rings is 1. The average molecular weight is 332 g/mol. The molecule has 2 aromatic carbocycles. The number of carbonyl (C=O) groups is 1. The van der Waals surface area contributed by atoms with Crippen LogP contribution in [0.1, 0.15) is 15.9 Å². The number of rotatable bonds is 4. The van der Waals surface area contributed by atoms with Crippen LogP contribution in [0.4, 0.5) is 0 Å². The van der Waals surface area contributed by atoms with Crippen LogP contribution in [0.5, 0.6) is 0 Å². The first-order chi connectivity index (χ1) is 11.1. The first-order valence-corrected chi connectivity index (χ1v) is 7.93. The van der Waals surface area contributed by atoms with Gasteiger partial charge in [-0.15, -0.1) is 0 Å². The van der Waals surface area contributed by atoms with Gasteiger partial charge in [0.15, 0.2) is 0 Å². The van der Waals surface area contributed by atoms with Crippen molar-refractivity contribution < 1.29 is 14.6 Å². The van der Waals surface area contributed by atoms with E-state index in [-0.39, 0.29) is 5.56 Å². The third kappa shape index (κ3) is 3.91. The Balaban J connectivity index is 1.83. The van der Waals surface area contributed by atoms with Gasteiger partial charge in [-0.2, -0.15) is 0 Å². The summed E-state index contributed by atoms with van der Waals surface area (Å²) in [6.45, 7) is 4.32. The quantitative estimate of drug-likeness (QED) is 0.931. The summed E-state index contributed by atoms with van der Waals surface area (Å²) in [4.78, 5) is 13.4. The maximum absolute atomic E-state index is 11.0. The van der Waals surface area contributed by atoms with Gasteiger partial charge in [0.2, 0.25) is 0 Å². The lowest BCUT2D eigenvalue weighted by Crippen LogP contribution is -2.35. The van der Waals surface area contributed by atoms with E-state index >= 15 is 0 Å². The minimum absolute atomic E-state index is 0.197. The predicted octanol–water partition coefficient (Wildman–Crippen LogP) is 3.54. The van der Waals surface area contributed by atoms with Crippen LogP contribution >= 0.6 is 11.6 Å². The molecule has 3 rings (SSSR count). The molecular weight excluding hydrogens is 314 g/mol. The molecular formula is C18H18ClNO3.